The summed E-state index contributed by atoms with van der Waals surface area (Å²) in [6.07, 6.45) is 0.879. The minimum Gasteiger partial charge on any atom is -0.440 e. The predicted molar refractivity (Wildman–Crippen MR) is 83.0 cm³/mol. The molecule has 1 aliphatic rings. The number of rotatable bonds is 4. The molecule has 0 bridgehead atoms. The Morgan fingerprint density at radius 1 is 0.957 bits per heavy atom. The van der Waals surface area contributed by atoms with E-state index in [0.29, 0.717) is 16.7 Å². The third-order valence-electron chi connectivity index (χ3n) is 3.80. The van der Waals surface area contributed by atoms with Crippen molar-refractivity contribution in [3.8, 4) is 0 Å². The summed E-state index contributed by atoms with van der Waals surface area (Å²) in [5.74, 6) is -1.45. The van der Waals surface area contributed by atoms with Crippen molar-refractivity contribution in [3.05, 3.63) is 70.8 Å². The molecule has 0 aromatic heterocycles. The average Bonchev–Trinajstić information content (AvgIpc) is 2.84. The molecule has 0 aliphatic carbocycles. The molecule has 0 saturated carbocycles. The van der Waals surface area contributed by atoms with Gasteiger partial charge in [0, 0.05) is 0 Å². The quantitative estimate of drug-likeness (QED) is 0.643. The Balaban J connectivity index is 1.68. The van der Waals surface area contributed by atoms with Gasteiger partial charge in [0.05, 0.1) is 16.7 Å². The zero-order chi connectivity index (χ0) is 16.4. The van der Waals surface area contributed by atoms with Crippen LogP contribution in [0, 0.1) is 0 Å². The molecule has 0 fully saturated rings. The third-order valence-corrected chi connectivity index (χ3v) is 3.80. The maximum atomic E-state index is 12.2. The molecule has 0 saturated heterocycles. The number of imide groups is 1. The smallest absolute Gasteiger partial charge is 0.339 e. The van der Waals surface area contributed by atoms with Gasteiger partial charge in [-0.25, -0.2) is 9.69 Å². The van der Waals surface area contributed by atoms with Crippen LogP contribution < -0.4 is 0 Å². The summed E-state index contributed by atoms with van der Waals surface area (Å²) < 4.78 is 5.10. The van der Waals surface area contributed by atoms with Crippen LogP contribution in [0.3, 0.4) is 0 Å². The fraction of sp³-hybridized carbons (Fsp3) is 0.167. The first kappa shape index (κ1) is 15.0. The number of carbonyl (C=O) groups is 3. The second kappa shape index (κ2) is 6.04. The summed E-state index contributed by atoms with van der Waals surface area (Å²) >= 11 is 0. The molecule has 2 amide bonds. The number of aryl methyl sites for hydroxylation is 1. The predicted octanol–water partition coefficient (Wildman–Crippen LogP) is 2.66. The molecule has 0 atom stereocenters. The number of hydrogen-bond acceptors (Lipinski definition) is 4. The van der Waals surface area contributed by atoms with Crippen LogP contribution in [0.5, 0.6) is 0 Å². The number of fused-ring (bicyclic) bond motifs is 1. The molecule has 2 aromatic carbocycles. The van der Waals surface area contributed by atoms with E-state index in [-0.39, 0.29) is 6.73 Å². The van der Waals surface area contributed by atoms with Gasteiger partial charge in [-0.3, -0.25) is 9.59 Å². The number of carbonyl (C=O) groups excluding carboxylic acids is 3. The molecule has 23 heavy (non-hydrogen) atoms. The van der Waals surface area contributed by atoms with Gasteiger partial charge in [-0.15, -0.1) is 0 Å². The summed E-state index contributed by atoms with van der Waals surface area (Å²) in [5.41, 5.74) is 2.17. The van der Waals surface area contributed by atoms with Gasteiger partial charge < -0.3 is 4.74 Å². The van der Waals surface area contributed by atoms with E-state index in [1.165, 1.54) is 0 Å². The lowest BCUT2D eigenvalue weighted by Gasteiger charge is -2.14. The second-order valence-corrected chi connectivity index (χ2v) is 5.20. The number of amides is 2. The molecule has 0 radical (unpaired) electrons. The Hall–Kier alpha value is -2.95. The van der Waals surface area contributed by atoms with Gasteiger partial charge >= 0.3 is 5.97 Å². The lowest BCUT2D eigenvalue weighted by Crippen LogP contribution is -2.33. The number of nitrogens with zero attached hydrogens (tertiary/aromatic N) is 1. The van der Waals surface area contributed by atoms with Crippen molar-refractivity contribution in [1.82, 2.24) is 4.90 Å². The normalized spacial score (nSPS) is 13.2. The van der Waals surface area contributed by atoms with Crippen molar-refractivity contribution in [1.29, 1.82) is 0 Å². The molecule has 0 unspecified atom stereocenters. The first-order chi connectivity index (χ1) is 11.1. The second-order valence-electron chi connectivity index (χ2n) is 5.20. The van der Waals surface area contributed by atoms with Crippen LogP contribution >= 0.6 is 0 Å². The lowest BCUT2D eigenvalue weighted by molar-refractivity contribution is 0.0228. The molecule has 5 heteroatoms. The zero-order valence-corrected chi connectivity index (χ0v) is 12.6. The topological polar surface area (TPSA) is 63.7 Å². The first-order valence-electron chi connectivity index (χ1n) is 7.33. The minimum absolute atomic E-state index is 0.334. The Kier molecular flexibility index (Phi) is 3.93. The average molecular weight is 309 g/mol. The van der Waals surface area contributed by atoms with Crippen molar-refractivity contribution in [2.75, 3.05) is 6.73 Å². The van der Waals surface area contributed by atoms with Gasteiger partial charge in [-0.1, -0.05) is 31.2 Å². The van der Waals surface area contributed by atoms with E-state index in [9.17, 15) is 14.4 Å². The molecule has 5 nitrogen and oxygen atoms in total. The van der Waals surface area contributed by atoms with Gasteiger partial charge in [0.15, 0.2) is 6.73 Å². The molecule has 3 rings (SSSR count). The van der Waals surface area contributed by atoms with Gasteiger partial charge in [-0.05, 0) is 36.2 Å². The Morgan fingerprint density at radius 2 is 1.52 bits per heavy atom. The van der Waals surface area contributed by atoms with Crippen molar-refractivity contribution in [2.24, 2.45) is 0 Å². The fourth-order valence-corrected chi connectivity index (χ4v) is 2.44. The highest BCUT2D eigenvalue weighted by Crippen LogP contribution is 2.22. The fourth-order valence-electron chi connectivity index (χ4n) is 2.44. The van der Waals surface area contributed by atoms with Crippen LogP contribution in [-0.2, 0) is 11.2 Å². The molecular formula is C18H15NO4. The highest BCUT2D eigenvalue weighted by molar-refractivity contribution is 6.21. The molecule has 0 spiro atoms. The molecule has 1 aliphatic heterocycles. The van der Waals surface area contributed by atoms with Gasteiger partial charge in [0.25, 0.3) is 11.8 Å². The van der Waals surface area contributed by atoms with Gasteiger partial charge in [-0.2, -0.15) is 0 Å². The van der Waals surface area contributed by atoms with E-state index >= 15 is 0 Å². The third kappa shape index (κ3) is 2.73. The van der Waals surface area contributed by atoms with Crippen LogP contribution in [0.2, 0.25) is 0 Å². The highest BCUT2D eigenvalue weighted by atomic mass is 16.5. The SMILES string of the molecule is CCc1ccc(C(=O)OCN2C(=O)c3ccccc3C2=O)cc1. The minimum atomic E-state index is -0.566. The molecular weight excluding hydrogens is 294 g/mol. The summed E-state index contributed by atoms with van der Waals surface area (Å²) in [4.78, 5) is 37.3. The van der Waals surface area contributed by atoms with E-state index < -0.39 is 17.8 Å². The van der Waals surface area contributed by atoms with Gasteiger partial charge in [0.2, 0.25) is 0 Å². The Labute approximate surface area is 133 Å². The summed E-state index contributed by atoms with van der Waals surface area (Å²) in [7, 11) is 0. The van der Waals surface area contributed by atoms with E-state index in [0.717, 1.165) is 16.9 Å². The zero-order valence-electron chi connectivity index (χ0n) is 12.6. The lowest BCUT2D eigenvalue weighted by atomic mass is 10.1. The first-order valence-corrected chi connectivity index (χ1v) is 7.33. The number of benzene rings is 2. The van der Waals surface area contributed by atoms with E-state index in [1.54, 1.807) is 36.4 Å². The standard InChI is InChI=1S/C18H15NO4/c1-2-12-7-9-13(10-8-12)18(22)23-11-19-16(20)14-5-3-4-6-15(14)17(19)21/h3-10H,2,11H2,1H3. The number of esters is 1. The van der Waals surface area contributed by atoms with Crippen LogP contribution in [0.15, 0.2) is 48.5 Å². The molecule has 1 heterocycles. The Bertz CT molecular complexity index is 745. The van der Waals surface area contributed by atoms with Crippen molar-refractivity contribution >= 4 is 17.8 Å². The summed E-state index contributed by atoms with van der Waals surface area (Å²) in [5, 5.41) is 0. The largest absolute Gasteiger partial charge is 0.440 e. The van der Waals surface area contributed by atoms with Crippen molar-refractivity contribution in [2.45, 2.75) is 13.3 Å². The highest BCUT2D eigenvalue weighted by Gasteiger charge is 2.35. The maximum absolute atomic E-state index is 12.2. The Morgan fingerprint density at radius 3 is 2.04 bits per heavy atom. The van der Waals surface area contributed by atoms with Crippen LogP contribution in [0.4, 0.5) is 0 Å². The number of hydrogen-bond donors (Lipinski definition) is 0. The van der Waals surface area contributed by atoms with Gasteiger partial charge in [0.1, 0.15) is 0 Å². The van der Waals surface area contributed by atoms with E-state index in [2.05, 4.69) is 0 Å². The van der Waals surface area contributed by atoms with E-state index in [1.807, 2.05) is 19.1 Å². The number of ether oxygens (including phenoxy) is 1. The van der Waals surface area contributed by atoms with E-state index in [4.69, 9.17) is 4.74 Å². The van der Waals surface area contributed by atoms with Crippen LogP contribution in [-0.4, -0.2) is 29.4 Å². The van der Waals surface area contributed by atoms with Crippen molar-refractivity contribution in [3.63, 3.8) is 0 Å². The monoisotopic (exact) mass is 309 g/mol. The van der Waals surface area contributed by atoms with Crippen LogP contribution in [0.25, 0.3) is 0 Å². The molecule has 0 N–H and O–H groups in total. The summed E-state index contributed by atoms with van der Waals surface area (Å²) in [6, 6.07) is 13.6. The summed E-state index contributed by atoms with van der Waals surface area (Å²) in [6.45, 7) is 1.64. The van der Waals surface area contributed by atoms with Crippen molar-refractivity contribution < 1.29 is 19.1 Å². The molecule has 116 valence electrons. The maximum Gasteiger partial charge on any atom is 0.339 e. The molecule has 2 aromatic rings. The van der Waals surface area contributed by atoms with Crippen LogP contribution in [0.1, 0.15) is 43.6 Å².